The van der Waals surface area contributed by atoms with Crippen molar-refractivity contribution in [2.75, 3.05) is 39.4 Å². The second-order valence-corrected chi connectivity index (χ2v) is 4.29. The van der Waals surface area contributed by atoms with Gasteiger partial charge in [0.1, 0.15) is 6.04 Å². The molecule has 7 nitrogen and oxygen atoms in total. The van der Waals surface area contributed by atoms with Crippen molar-refractivity contribution >= 4 is 11.9 Å². The highest BCUT2D eigenvalue weighted by atomic mass is 16.5. The molecule has 104 valence electrons. The van der Waals surface area contributed by atoms with Gasteiger partial charge in [-0.25, -0.2) is 0 Å². The number of morpholine rings is 1. The van der Waals surface area contributed by atoms with Crippen LogP contribution in [-0.2, 0) is 14.3 Å². The molecule has 1 saturated heterocycles. The standard InChI is InChI=1S/C11H21N3O4/c12-9(11(16)17)1-2-10(15)13-3-4-14-5-7-18-8-6-14/h9H,1-8,12H2,(H,13,15)(H,16,17). The van der Waals surface area contributed by atoms with E-state index >= 15 is 0 Å². The van der Waals surface area contributed by atoms with Crippen molar-refractivity contribution < 1.29 is 19.4 Å². The molecule has 1 rings (SSSR count). The highest BCUT2D eigenvalue weighted by Crippen LogP contribution is 1.96. The normalized spacial score (nSPS) is 18.3. The second kappa shape index (κ2) is 8.02. The Hall–Kier alpha value is -1.18. The van der Waals surface area contributed by atoms with Crippen molar-refractivity contribution in [3.8, 4) is 0 Å². The fourth-order valence-corrected chi connectivity index (χ4v) is 1.68. The molecular weight excluding hydrogens is 238 g/mol. The van der Waals surface area contributed by atoms with Crippen LogP contribution in [0.3, 0.4) is 0 Å². The number of rotatable bonds is 7. The molecule has 18 heavy (non-hydrogen) atoms. The minimum atomic E-state index is -1.07. The molecular formula is C11H21N3O4. The molecule has 0 saturated carbocycles. The molecule has 0 spiro atoms. The number of aliphatic carboxylic acids is 1. The predicted molar refractivity (Wildman–Crippen MR) is 65.1 cm³/mol. The van der Waals surface area contributed by atoms with Crippen LogP contribution in [0.25, 0.3) is 0 Å². The molecule has 4 N–H and O–H groups in total. The Morgan fingerprint density at radius 2 is 2.06 bits per heavy atom. The van der Waals surface area contributed by atoms with Crippen molar-refractivity contribution in [1.29, 1.82) is 0 Å². The van der Waals surface area contributed by atoms with Gasteiger partial charge in [0.2, 0.25) is 5.91 Å². The Balaban J connectivity index is 2.04. The number of carboxylic acids is 1. The van der Waals surface area contributed by atoms with Crippen molar-refractivity contribution in [2.24, 2.45) is 5.73 Å². The summed E-state index contributed by atoms with van der Waals surface area (Å²) in [5.41, 5.74) is 5.31. The number of carbonyl (C=O) groups excluding carboxylic acids is 1. The average Bonchev–Trinajstić information content (AvgIpc) is 2.37. The first-order valence-corrected chi connectivity index (χ1v) is 6.15. The Morgan fingerprint density at radius 1 is 1.39 bits per heavy atom. The summed E-state index contributed by atoms with van der Waals surface area (Å²) >= 11 is 0. The van der Waals surface area contributed by atoms with E-state index in [2.05, 4.69) is 10.2 Å². The van der Waals surface area contributed by atoms with E-state index in [1.165, 1.54) is 0 Å². The first kappa shape index (κ1) is 14.9. The molecule has 0 aromatic carbocycles. The summed E-state index contributed by atoms with van der Waals surface area (Å²) in [7, 11) is 0. The molecule has 0 aliphatic carbocycles. The van der Waals surface area contributed by atoms with Crippen LogP contribution >= 0.6 is 0 Å². The number of nitrogens with one attached hydrogen (secondary N) is 1. The molecule has 0 bridgehead atoms. The lowest BCUT2D eigenvalue weighted by Crippen LogP contribution is -2.41. The summed E-state index contributed by atoms with van der Waals surface area (Å²) in [5.74, 6) is -1.23. The SMILES string of the molecule is NC(CCC(=O)NCCN1CCOCC1)C(=O)O. The number of amides is 1. The zero-order valence-corrected chi connectivity index (χ0v) is 10.4. The maximum absolute atomic E-state index is 11.4. The van der Waals surface area contributed by atoms with E-state index in [0.29, 0.717) is 6.54 Å². The van der Waals surface area contributed by atoms with E-state index in [-0.39, 0.29) is 18.7 Å². The third-order valence-corrected chi connectivity index (χ3v) is 2.85. The third kappa shape index (κ3) is 5.95. The van der Waals surface area contributed by atoms with Gasteiger partial charge in [-0.15, -0.1) is 0 Å². The molecule has 1 aliphatic rings. The number of nitrogens with zero attached hydrogens (tertiary/aromatic N) is 1. The van der Waals surface area contributed by atoms with Gasteiger partial charge < -0.3 is 20.9 Å². The first-order valence-electron chi connectivity index (χ1n) is 6.15. The Bertz CT molecular complexity index is 279. The number of ether oxygens (including phenoxy) is 1. The number of hydrogen-bond acceptors (Lipinski definition) is 5. The smallest absolute Gasteiger partial charge is 0.320 e. The van der Waals surface area contributed by atoms with E-state index in [1.54, 1.807) is 0 Å². The van der Waals surface area contributed by atoms with Gasteiger partial charge in [-0.2, -0.15) is 0 Å². The molecule has 0 aromatic heterocycles. The number of nitrogens with two attached hydrogens (primary N) is 1. The molecule has 1 atom stereocenters. The van der Waals surface area contributed by atoms with Gasteiger partial charge in [0.15, 0.2) is 0 Å². The molecule has 7 heteroatoms. The van der Waals surface area contributed by atoms with Gasteiger partial charge in [0.05, 0.1) is 13.2 Å². The lowest BCUT2D eigenvalue weighted by molar-refractivity contribution is -0.138. The highest BCUT2D eigenvalue weighted by Gasteiger charge is 2.14. The Kier molecular flexibility index (Phi) is 6.63. The molecule has 0 radical (unpaired) electrons. The van der Waals surface area contributed by atoms with Crippen LogP contribution in [0.1, 0.15) is 12.8 Å². The second-order valence-electron chi connectivity index (χ2n) is 4.29. The van der Waals surface area contributed by atoms with Gasteiger partial charge in [0.25, 0.3) is 0 Å². The predicted octanol–water partition coefficient (Wildman–Crippen LogP) is -1.37. The lowest BCUT2D eigenvalue weighted by atomic mass is 10.1. The lowest BCUT2D eigenvalue weighted by Gasteiger charge is -2.26. The maximum atomic E-state index is 11.4. The fraction of sp³-hybridized carbons (Fsp3) is 0.818. The summed E-state index contributed by atoms with van der Waals surface area (Å²) < 4.78 is 5.22. The van der Waals surface area contributed by atoms with Gasteiger partial charge in [-0.3, -0.25) is 14.5 Å². The monoisotopic (exact) mass is 259 g/mol. The fourth-order valence-electron chi connectivity index (χ4n) is 1.68. The number of hydrogen-bond donors (Lipinski definition) is 3. The zero-order chi connectivity index (χ0) is 13.4. The summed E-state index contributed by atoms with van der Waals surface area (Å²) in [6.45, 7) is 4.61. The highest BCUT2D eigenvalue weighted by molar-refractivity contribution is 5.78. The summed E-state index contributed by atoms with van der Waals surface area (Å²) in [4.78, 5) is 24.1. The largest absolute Gasteiger partial charge is 0.480 e. The quantitative estimate of drug-likeness (QED) is 0.521. The third-order valence-electron chi connectivity index (χ3n) is 2.85. The number of carbonyl (C=O) groups is 2. The van der Waals surface area contributed by atoms with Crippen LogP contribution in [0.15, 0.2) is 0 Å². The van der Waals surface area contributed by atoms with Crippen LogP contribution in [0.2, 0.25) is 0 Å². The average molecular weight is 259 g/mol. The van der Waals surface area contributed by atoms with E-state index < -0.39 is 12.0 Å². The van der Waals surface area contributed by atoms with E-state index in [4.69, 9.17) is 15.6 Å². The van der Waals surface area contributed by atoms with Gasteiger partial charge in [0, 0.05) is 32.6 Å². The van der Waals surface area contributed by atoms with Crippen LogP contribution < -0.4 is 11.1 Å². The van der Waals surface area contributed by atoms with Crippen molar-refractivity contribution in [3.63, 3.8) is 0 Å². The summed E-state index contributed by atoms with van der Waals surface area (Å²) in [5, 5.41) is 11.3. The Morgan fingerprint density at radius 3 is 2.67 bits per heavy atom. The van der Waals surface area contributed by atoms with Gasteiger partial charge >= 0.3 is 5.97 Å². The minimum Gasteiger partial charge on any atom is -0.480 e. The topological polar surface area (TPSA) is 105 Å². The minimum absolute atomic E-state index is 0.149. The van der Waals surface area contributed by atoms with E-state index in [1.807, 2.05) is 0 Å². The van der Waals surface area contributed by atoms with Crippen molar-refractivity contribution in [2.45, 2.75) is 18.9 Å². The van der Waals surface area contributed by atoms with Crippen LogP contribution in [0.4, 0.5) is 0 Å². The molecule has 1 unspecified atom stereocenters. The summed E-state index contributed by atoms with van der Waals surface area (Å²) in [6.07, 6.45) is 0.315. The van der Waals surface area contributed by atoms with Crippen LogP contribution in [0, 0.1) is 0 Å². The Labute approximate surface area is 106 Å². The first-order chi connectivity index (χ1) is 8.59. The molecule has 0 aromatic rings. The van der Waals surface area contributed by atoms with Crippen LogP contribution in [-0.4, -0.2) is 67.3 Å². The number of carboxylic acid groups (broad SMARTS) is 1. The van der Waals surface area contributed by atoms with Gasteiger partial charge in [-0.05, 0) is 6.42 Å². The maximum Gasteiger partial charge on any atom is 0.320 e. The van der Waals surface area contributed by atoms with Crippen molar-refractivity contribution in [3.05, 3.63) is 0 Å². The van der Waals surface area contributed by atoms with E-state index in [0.717, 1.165) is 32.8 Å². The molecule has 1 heterocycles. The van der Waals surface area contributed by atoms with Crippen LogP contribution in [0.5, 0.6) is 0 Å². The molecule has 1 amide bonds. The van der Waals surface area contributed by atoms with E-state index in [9.17, 15) is 9.59 Å². The summed E-state index contributed by atoms with van der Waals surface area (Å²) in [6, 6.07) is -0.963. The van der Waals surface area contributed by atoms with Crippen molar-refractivity contribution in [1.82, 2.24) is 10.2 Å². The van der Waals surface area contributed by atoms with Gasteiger partial charge in [-0.1, -0.05) is 0 Å². The molecule has 1 fully saturated rings. The molecule has 1 aliphatic heterocycles. The zero-order valence-electron chi connectivity index (χ0n) is 10.4.